The number of benzene rings is 1. The van der Waals surface area contributed by atoms with E-state index in [1.807, 2.05) is 18.2 Å². The first-order valence-corrected chi connectivity index (χ1v) is 7.15. The number of methoxy groups -OCH3 is 1. The third-order valence-corrected chi connectivity index (χ3v) is 4.02. The van der Waals surface area contributed by atoms with Gasteiger partial charge in [0.2, 0.25) is 0 Å². The van der Waals surface area contributed by atoms with Crippen LogP contribution >= 0.6 is 0 Å². The first-order chi connectivity index (χ1) is 9.78. The summed E-state index contributed by atoms with van der Waals surface area (Å²) in [5, 5.41) is 4.54. The van der Waals surface area contributed by atoms with Gasteiger partial charge < -0.3 is 19.2 Å². The first-order valence-electron chi connectivity index (χ1n) is 7.15. The van der Waals surface area contributed by atoms with Crippen molar-refractivity contribution in [3.8, 4) is 5.75 Å². The normalized spacial score (nSPS) is 22.5. The lowest BCUT2D eigenvalue weighted by Gasteiger charge is -2.13. The Morgan fingerprint density at radius 2 is 2.30 bits per heavy atom. The van der Waals surface area contributed by atoms with Gasteiger partial charge in [-0.25, -0.2) is 0 Å². The van der Waals surface area contributed by atoms with Gasteiger partial charge in [-0.2, -0.15) is 0 Å². The van der Waals surface area contributed by atoms with E-state index in [-0.39, 0.29) is 0 Å². The molecular weight excluding hydrogens is 254 g/mol. The van der Waals surface area contributed by atoms with Crippen molar-refractivity contribution >= 4 is 11.0 Å². The second-order valence-electron chi connectivity index (χ2n) is 5.35. The van der Waals surface area contributed by atoms with E-state index in [2.05, 4.69) is 18.3 Å². The maximum Gasteiger partial charge on any atom is 0.176 e. The van der Waals surface area contributed by atoms with E-state index in [9.17, 15) is 0 Å². The van der Waals surface area contributed by atoms with Crippen LogP contribution in [0.15, 0.2) is 28.7 Å². The molecule has 2 atom stereocenters. The van der Waals surface area contributed by atoms with E-state index in [0.717, 1.165) is 48.6 Å². The molecule has 1 fully saturated rings. The van der Waals surface area contributed by atoms with Crippen molar-refractivity contribution in [1.29, 1.82) is 0 Å². The Labute approximate surface area is 119 Å². The molecule has 0 bridgehead atoms. The predicted molar refractivity (Wildman–Crippen MR) is 78.0 cm³/mol. The van der Waals surface area contributed by atoms with E-state index in [1.54, 1.807) is 7.11 Å². The van der Waals surface area contributed by atoms with Crippen LogP contribution < -0.4 is 10.1 Å². The summed E-state index contributed by atoms with van der Waals surface area (Å²) in [6, 6.07) is 8.00. The molecular formula is C16H21NO3. The van der Waals surface area contributed by atoms with Gasteiger partial charge in [-0.3, -0.25) is 0 Å². The zero-order valence-corrected chi connectivity index (χ0v) is 12.0. The van der Waals surface area contributed by atoms with Crippen LogP contribution in [0, 0.1) is 5.92 Å². The minimum Gasteiger partial charge on any atom is -0.493 e. The molecule has 4 heteroatoms. The van der Waals surface area contributed by atoms with Crippen LogP contribution in [-0.2, 0) is 11.3 Å². The lowest BCUT2D eigenvalue weighted by atomic mass is 10.0. The molecule has 1 aromatic heterocycles. The topological polar surface area (TPSA) is 43.6 Å². The SMILES string of the molecule is COc1cccc2cc(CNCC3CCOC3C)oc12. The molecule has 2 unspecified atom stereocenters. The molecule has 1 aliphatic rings. The molecule has 0 amide bonds. The Balaban J connectivity index is 1.63. The van der Waals surface area contributed by atoms with E-state index >= 15 is 0 Å². The summed E-state index contributed by atoms with van der Waals surface area (Å²) in [5.74, 6) is 2.33. The summed E-state index contributed by atoms with van der Waals surface area (Å²) in [4.78, 5) is 0. The Kier molecular flexibility index (Phi) is 3.94. The summed E-state index contributed by atoms with van der Waals surface area (Å²) >= 11 is 0. The number of hydrogen-bond donors (Lipinski definition) is 1. The highest BCUT2D eigenvalue weighted by atomic mass is 16.5. The predicted octanol–water partition coefficient (Wildman–Crippen LogP) is 2.96. The van der Waals surface area contributed by atoms with Crippen LogP contribution in [0.2, 0.25) is 0 Å². The maximum atomic E-state index is 5.86. The van der Waals surface area contributed by atoms with E-state index in [0.29, 0.717) is 12.0 Å². The molecule has 1 aliphatic heterocycles. The Morgan fingerprint density at radius 1 is 1.40 bits per heavy atom. The standard InChI is InChI=1S/C16H21NO3/c1-11-13(6-7-19-11)9-17-10-14-8-12-4-3-5-15(18-2)16(12)20-14/h3-5,8,11,13,17H,6-7,9-10H2,1-2H3. The maximum absolute atomic E-state index is 5.86. The largest absolute Gasteiger partial charge is 0.493 e. The Bertz CT molecular complexity index is 578. The fourth-order valence-corrected chi connectivity index (χ4v) is 2.76. The molecule has 0 saturated carbocycles. The van der Waals surface area contributed by atoms with Crippen LogP contribution in [0.4, 0.5) is 0 Å². The molecule has 0 spiro atoms. The molecule has 0 radical (unpaired) electrons. The van der Waals surface area contributed by atoms with Crippen LogP contribution in [0.3, 0.4) is 0 Å². The second-order valence-corrected chi connectivity index (χ2v) is 5.35. The van der Waals surface area contributed by atoms with Crippen molar-refractivity contribution in [2.45, 2.75) is 26.0 Å². The zero-order valence-electron chi connectivity index (χ0n) is 12.0. The van der Waals surface area contributed by atoms with Gasteiger partial charge in [0, 0.05) is 18.5 Å². The van der Waals surface area contributed by atoms with Gasteiger partial charge >= 0.3 is 0 Å². The monoisotopic (exact) mass is 275 g/mol. The third kappa shape index (κ3) is 2.67. The van der Waals surface area contributed by atoms with Crippen molar-refractivity contribution in [2.75, 3.05) is 20.3 Å². The van der Waals surface area contributed by atoms with E-state index in [4.69, 9.17) is 13.9 Å². The molecule has 2 aromatic rings. The highest BCUT2D eigenvalue weighted by molar-refractivity contribution is 5.83. The fourth-order valence-electron chi connectivity index (χ4n) is 2.76. The van der Waals surface area contributed by atoms with Gasteiger partial charge in [0.05, 0.1) is 19.8 Å². The number of furan rings is 1. The minimum atomic E-state index is 0.360. The van der Waals surface area contributed by atoms with Gasteiger partial charge in [0.15, 0.2) is 11.3 Å². The van der Waals surface area contributed by atoms with Crippen molar-refractivity contribution in [1.82, 2.24) is 5.32 Å². The highest BCUT2D eigenvalue weighted by Gasteiger charge is 2.23. The lowest BCUT2D eigenvalue weighted by Crippen LogP contribution is -2.26. The molecule has 1 aromatic carbocycles. The summed E-state index contributed by atoms with van der Waals surface area (Å²) < 4.78 is 16.7. The zero-order chi connectivity index (χ0) is 13.9. The summed E-state index contributed by atoms with van der Waals surface area (Å²) in [7, 11) is 1.66. The highest BCUT2D eigenvalue weighted by Crippen LogP contribution is 2.28. The molecule has 1 N–H and O–H groups in total. The minimum absolute atomic E-state index is 0.360. The van der Waals surface area contributed by atoms with Crippen LogP contribution in [-0.4, -0.2) is 26.4 Å². The Hall–Kier alpha value is -1.52. The van der Waals surface area contributed by atoms with E-state index in [1.165, 1.54) is 0 Å². The molecule has 3 rings (SSSR count). The molecule has 0 aliphatic carbocycles. The number of rotatable bonds is 5. The number of hydrogen-bond acceptors (Lipinski definition) is 4. The third-order valence-electron chi connectivity index (χ3n) is 4.02. The van der Waals surface area contributed by atoms with Gasteiger partial charge in [-0.1, -0.05) is 12.1 Å². The quantitative estimate of drug-likeness (QED) is 0.911. The Morgan fingerprint density at radius 3 is 3.05 bits per heavy atom. The first kappa shape index (κ1) is 13.5. The van der Waals surface area contributed by atoms with Crippen molar-refractivity contribution < 1.29 is 13.9 Å². The number of para-hydroxylation sites is 1. The van der Waals surface area contributed by atoms with Crippen molar-refractivity contribution in [3.05, 3.63) is 30.0 Å². The van der Waals surface area contributed by atoms with E-state index < -0.39 is 0 Å². The number of ether oxygens (including phenoxy) is 2. The molecule has 4 nitrogen and oxygen atoms in total. The summed E-state index contributed by atoms with van der Waals surface area (Å²) in [6.45, 7) is 4.73. The van der Waals surface area contributed by atoms with Crippen molar-refractivity contribution in [3.63, 3.8) is 0 Å². The molecule has 1 saturated heterocycles. The second kappa shape index (κ2) is 5.85. The summed E-state index contributed by atoms with van der Waals surface area (Å²) in [5.41, 5.74) is 0.823. The lowest BCUT2D eigenvalue weighted by molar-refractivity contribution is 0.105. The molecule has 20 heavy (non-hydrogen) atoms. The van der Waals surface area contributed by atoms with Crippen LogP contribution in [0.5, 0.6) is 5.75 Å². The van der Waals surface area contributed by atoms with Crippen LogP contribution in [0.1, 0.15) is 19.1 Å². The molecule has 2 heterocycles. The fraction of sp³-hybridized carbons (Fsp3) is 0.500. The summed E-state index contributed by atoms with van der Waals surface area (Å²) in [6.07, 6.45) is 1.50. The van der Waals surface area contributed by atoms with Gasteiger partial charge in [-0.05, 0) is 31.4 Å². The average Bonchev–Trinajstić information content (AvgIpc) is 3.04. The smallest absolute Gasteiger partial charge is 0.176 e. The number of fused-ring (bicyclic) bond motifs is 1. The van der Waals surface area contributed by atoms with Crippen LogP contribution in [0.25, 0.3) is 11.0 Å². The molecule has 108 valence electrons. The average molecular weight is 275 g/mol. The van der Waals surface area contributed by atoms with Crippen molar-refractivity contribution in [2.24, 2.45) is 5.92 Å². The van der Waals surface area contributed by atoms with Gasteiger partial charge in [0.1, 0.15) is 5.76 Å². The van der Waals surface area contributed by atoms with Gasteiger partial charge in [-0.15, -0.1) is 0 Å². The number of nitrogens with one attached hydrogen (secondary N) is 1. The van der Waals surface area contributed by atoms with Gasteiger partial charge in [0.25, 0.3) is 0 Å².